The van der Waals surface area contributed by atoms with Gasteiger partial charge in [-0.3, -0.25) is 14.3 Å². The van der Waals surface area contributed by atoms with E-state index in [0.717, 1.165) is 12.8 Å². The fourth-order valence-corrected chi connectivity index (χ4v) is 4.62. The van der Waals surface area contributed by atoms with E-state index in [4.69, 9.17) is 4.74 Å². The number of aryl methyl sites for hydroxylation is 2. The minimum absolute atomic E-state index is 0.0538. The Balaban J connectivity index is 1.86. The Morgan fingerprint density at radius 3 is 2.67 bits per heavy atom. The van der Waals surface area contributed by atoms with Gasteiger partial charge in [-0.25, -0.2) is 27.7 Å². The van der Waals surface area contributed by atoms with Gasteiger partial charge in [0.2, 0.25) is 10.0 Å². The molecule has 0 aliphatic heterocycles. The molecule has 3 rings (SSSR count). The number of carbonyl (C=O) groups excluding carboxylic acids is 1. The quantitative estimate of drug-likeness (QED) is 0.441. The van der Waals surface area contributed by atoms with Gasteiger partial charge in [-0.05, 0) is 38.5 Å². The van der Waals surface area contributed by atoms with Crippen LogP contribution in [-0.2, 0) is 35.0 Å². The summed E-state index contributed by atoms with van der Waals surface area (Å²) >= 11 is 0. The number of hydrogen-bond acceptors (Lipinski definition) is 7. The third-order valence-electron chi connectivity index (χ3n) is 4.94. The van der Waals surface area contributed by atoms with Crippen molar-refractivity contribution in [3.63, 3.8) is 0 Å². The van der Waals surface area contributed by atoms with Gasteiger partial charge in [0, 0.05) is 19.6 Å². The van der Waals surface area contributed by atoms with E-state index in [1.54, 1.807) is 20.9 Å². The van der Waals surface area contributed by atoms with Crippen molar-refractivity contribution in [1.29, 1.82) is 0 Å². The van der Waals surface area contributed by atoms with E-state index < -0.39 is 27.2 Å². The van der Waals surface area contributed by atoms with Crippen LogP contribution < -0.4 is 16.0 Å². The van der Waals surface area contributed by atoms with E-state index in [1.807, 2.05) is 6.92 Å². The van der Waals surface area contributed by atoms with Crippen LogP contribution in [0.3, 0.4) is 0 Å². The number of sulfonamides is 1. The second-order valence-electron chi connectivity index (χ2n) is 7.90. The fourth-order valence-electron chi connectivity index (χ4n) is 3.33. The second-order valence-corrected chi connectivity index (χ2v) is 9.62. The summed E-state index contributed by atoms with van der Waals surface area (Å²) < 4.78 is 35.4. The lowest BCUT2D eigenvalue weighted by atomic mass is 10.2. The molecule has 0 unspecified atom stereocenters. The molecule has 0 saturated heterocycles. The number of imidazole rings is 1. The molecule has 33 heavy (non-hydrogen) atoms. The number of nitrogens with zero attached hydrogens (tertiary/aromatic N) is 3. The Bertz CT molecular complexity index is 1400. The van der Waals surface area contributed by atoms with Crippen LogP contribution in [0, 0.1) is 0 Å². The molecule has 0 aliphatic rings. The summed E-state index contributed by atoms with van der Waals surface area (Å²) in [6.45, 7) is 5.49. The second kappa shape index (κ2) is 9.71. The number of aromatic amines is 1. The van der Waals surface area contributed by atoms with E-state index in [-0.39, 0.29) is 40.1 Å². The number of nitrogens with one attached hydrogen (secondary N) is 2. The fraction of sp³-hybridized carbons (Fsp3) is 0.429. The van der Waals surface area contributed by atoms with Crippen LogP contribution in [-0.4, -0.2) is 39.5 Å². The van der Waals surface area contributed by atoms with Crippen molar-refractivity contribution in [1.82, 2.24) is 23.8 Å². The lowest BCUT2D eigenvalue weighted by Crippen LogP contribution is -2.31. The molecule has 2 aromatic heterocycles. The van der Waals surface area contributed by atoms with Crippen molar-refractivity contribution in [2.24, 2.45) is 7.05 Å². The zero-order valence-electron chi connectivity index (χ0n) is 18.9. The number of H-pyrrole nitrogens is 1. The van der Waals surface area contributed by atoms with E-state index in [1.165, 1.54) is 33.4 Å². The molecule has 12 heteroatoms. The lowest BCUT2D eigenvalue weighted by molar-refractivity contribution is 0.0459. The van der Waals surface area contributed by atoms with E-state index >= 15 is 0 Å². The molecule has 0 radical (unpaired) electrons. The highest BCUT2D eigenvalue weighted by Crippen LogP contribution is 2.15. The van der Waals surface area contributed by atoms with Crippen LogP contribution in [0.2, 0.25) is 0 Å². The van der Waals surface area contributed by atoms with Crippen molar-refractivity contribution >= 4 is 27.2 Å². The topological polar surface area (TPSA) is 145 Å². The maximum Gasteiger partial charge on any atom is 0.338 e. The van der Waals surface area contributed by atoms with Gasteiger partial charge < -0.3 is 9.30 Å². The van der Waals surface area contributed by atoms with Gasteiger partial charge in [0.15, 0.2) is 11.2 Å². The molecule has 3 aromatic rings. The molecule has 2 heterocycles. The number of esters is 1. The summed E-state index contributed by atoms with van der Waals surface area (Å²) in [5.74, 6) is -0.481. The van der Waals surface area contributed by atoms with E-state index in [2.05, 4.69) is 14.7 Å². The van der Waals surface area contributed by atoms with Crippen LogP contribution in [0.15, 0.2) is 38.8 Å². The van der Waals surface area contributed by atoms with Crippen LogP contribution in [0.25, 0.3) is 11.2 Å². The molecule has 0 amide bonds. The average Bonchev–Trinajstić information content (AvgIpc) is 3.07. The molecule has 2 N–H and O–H groups in total. The maximum absolute atomic E-state index is 12.6. The number of hydrogen-bond donors (Lipinski definition) is 2. The number of unbranched alkanes of at least 4 members (excludes halogenated alkanes) is 1. The maximum atomic E-state index is 12.6. The summed E-state index contributed by atoms with van der Waals surface area (Å²) in [5.41, 5.74) is -0.650. The molecule has 0 spiro atoms. The molecular formula is C21H27N5O6S. The van der Waals surface area contributed by atoms with E-state index in [0.29, 0.717) is 6.54 Å². The van der Waals surface area contributed by atoms with Crippen molar-refractivity contribution in [3.05, 3.63) is 56.5 Å². The third kappa shape index (κ3) is 5.22. The smallest absolute Gasteiger partial charge is 0.338 e. The molecule has 0 bridgehead atoms. The standard InChI is InChI=1S/C21H27N5O6S/c1-5-6-10-26-18-17(19(27)23-21(26)29)25(4)16(22-18)12-32-20(28)14-8-7-9-15(11-14)33(30,31)24-13(2)3/h7-9,11,13,24H,5-6,10,12H2,1-4H3,(H,23,27,29). The largest absolute Gasteiger partial charge is 0.454 e. The SMILES string of the molecule is CCCCn1c(=O)[nH]c(=O)c2c1nc(COC(=O)c1cccc(S(=O)(=O)NC(C)C)c1)n2C. The van der Waals surface area contributed by atoms with Crippen molar-refractivity contribution in [2.75, 3.05) is 0 Å². The number of rotatable bonds is 9. The van der Waals surface area contributed by atoms with Crippen LogP contribution >= 0.6 is 0 Å². The van der Waals surface area contributed by atoms with E-state index in [9.17, 15) is 22.8 Å². The van der Waals surface area contributed by atoms with Gasteiger partial charge in [0.05, 0.1) is 10.5 Å². The van der Waals surface area contributed by atoms with Gasteiger partial charge in [-0.2, -0.15) is 0 Å². The summed E-state index contributed by atoms with van der Waals surface area (Å²) in [7, 11) is -2.18. The first-order valence-corrected chi connectivity index (χ1v) is 12.0. The van der Waals surface area contributed by atoms with Crippen molar-refractivity contribution in [3.8, 4) is 0 Å². The van der Waals surface area contributed by atoms with Gasteiger partial charge in [-0.1, -0.05) is 19.4 Å². The Kier molecular flexibility index (Phi) is 7.18. The Hall–Kier alpha value is -3.25. The number of ether oxygens (including phenoxy) is 1. The summed E-state index contributed by atoms with van der Waals surface area (Å²) in [6, 6.07) is 5.20. The lowest BCUT2D eigenvalue weighted by Gasteiger charge is -2.10. The summed E-state index contributed by atoms with van der Waals surface area (Å²) in [5, 5.41) is 0. The number of aromatic nitrogens is 4. The van der Waals surface area contributed by atoms with Crippen molar-refractivity contribution in [2.45, 2.75) is 57.7 Å². The minimum Gasteiger partial charge on any atom is -0.454 e. The number of carbonyl (C=O) groups is 1. The van der Waals surface area contributed by atoms with Crippen LogP contribution in [0.1, 0.15) is 49.8 Å². The average molecular weight is 478 g/mol. The highest BCUT2D eigenvalue weighted by atomic mass is 32.2. The first kappa shape index (κ1) is 24.4. The predicted octanol–water partition coefficient (Wildman–Crippen LogP) is 1.27. The highest BCUT2D eigenvalue weighted by molar-refractivity contribution is 7.89. The predicted molar refractivity (Wildman–Crippen MR) is 122 cm³/mol. The Morgan fingerprint density at radius 1 is 1.27 bits per heavy atom. The monoisotopic (exact) mass is 477 g/mol. The molecular weight excluding hydrogens is 450 g/mol. The van der Waals surface area contributed by atoms with Crippen LogP contribution in [0.4, 0.5) is 0 Å². The Morgan fingerprint density at radius 2 is 2.00 bits per heavy atom. The molecule has 0 atom stereocenters. The molecule has 178 valence electrons. The van der Waals surface area contributed by atoms with Gasteiger partial charge >= 0.3 is 11.7 Å². The summed E-state index contributed by atoms with van der Waals surface area (Å²) in [6.07, 6.45) is 1.58. The third-order valence-corrected chi connectivity index (χ3v) is 6.60. The van der Waals surface area contributed by atoms with Gasteiger partial charge in [-0.15, -0.1) is 0 Å². The first-order chi connectivity index (χ1) is 15.5. The molecule has 0 aliphatic carbocycles. The first-order valence-electron chi connectivity index (χ1n) is 10.5. The number of benzene rings is 1. The van der Waals surface area contributed by atoms with Crippen LogP contribution in [0.5, 0.6) is 0 Å². The summed E-state index contributed by atoms with van der Waals surface area (Å²) in [4.78, 5) is 43.7. The normalized spacial score (nSPS) is 11.9. The highest BCUT2D eigenvalue weighted by Gasteiger charge is 2.20. The molecule has 1 aromatic carbocycles. The molecule has 0 saturated carbocycles. The number of fused-ring (bicyclic) bond motifs is 1. The van der Waals surface area contributed by atoms with Crippen molar-refractivity contribution < 1.29 is 17.9 Å². The molecule has 0 fully saturated rings. The minimum atomic E-state index is -3.77. The Labute approximate surface area is 190 Å². The molecule has 11 nitrogen and oxygen atoms in total. The van der Waals surface area contributed by atoms with Gasteiger partial charge in [0.1, 0.15) is 12.4 Å². The zero-order valence-corrected chi connectivity index (χ0v) is 19.7. The van der Waals surface area contributed by atoms with Gasteiger partial charge in [0.25, 0.3) is 5.56 Å². The zero-order chi connectivity index (χ0) is 24.3.